The lowest BCUT2D eigenvalue weighted by atomic mass is 10.1. The Morgan fingerprint density at radius 2 is 1.84 bits per heavy atom. The van der Waals surface area contributed by atoms with Crippen molar-refractivity contribution >= 4 is 31.6 Å². The monoisotopic (exact) mass is 378 g/mol. The van der Waals surface area contributed by atoms with Crippen LogP contribution < -0.4 is 9.60 Å². The minimum atomic E-state index is -3.76. The molecule has 1 saturated carbocycles. The molecule has 1 fully saturated rings. The molecule has 8 heteroatoms. The number of aromatic nitrogens is 1. The molecule has 5 nitrogen and oxygen atoms in total. The summed E-state index contributed by atoms with van der Waals surface area (Å²) in [5.74, 6) is -0.355. The molecule has 0 atom stereocenters. The lowest BCUT2D eigenvalue weighted by Gasteiger charge is -2.18. The fraction of sp³-hybridized carbons (Fsp3) is 0.235. The molecular formula is C17H15FN2O3S2. The SMILES string of the molecule is Cn1c(=O)sc2cc(S(=O)(=O)NC3(c4ccc(F)cc4)CC3)ccc21. The molecule has 1 aromatic heterocycles. The van der Waals surface area contributed by atoms with E-state index in [9.17, 15) is 17.6 Å². The van der Waals surface area contributed by atoms with Crippen LogP contribution in [0.15, 0.2) is 52.2 Å². The van der Waals surface area contributed by atoms with E-state index in [2.05, 4.69) is 4.72 Å². The Bertz CT molecular complexity index is 1130. The van der Waals surface area contributed by atoms with E-state index in [1.165, 1.54) is 28.8 Å². The second-order valence-corrected chi connectivity index (χ2v) is 8.93. The van der Waals surface area contributed by atoms with Crippen LogP contribution in [0, 0.1) is 5.82 Å². The van der Waals surface area contributed by atoms with Crippen molar-refractivity contribution in [2.45, 2.75) is 23.3 Å². The first-order chi connectivity index (χ1) is 11.8. The number of hydrogen-bond donors (Lipinski definition) is 1. The highest BCUT2D eigenvalue weighted by molar-refractivity contribution is 7.89. The average molecular weight is 378 g/mol. The van der Waals surface area contributed by atoms with Crippen LogP contribution in [0.5, 0.6) is 0 Å². The van der Waals surface area contributed by atoms with Gasteiger partial charge >= 0.3 is 4.87 Å². The minimum Gasteiger partial charge on any atom is -0.302 e. The van der Waals surface area contributed by atoms with Crippen LogP contribution in [0.1, 0.15) is 18.4 Å². The summed E-state index contributed by atoms with van der Waals surface area (Å²) < 4.78 is 43.6. The number of benzene rings is 2. The number of fused-ring (bicyclic) bond motifs is 1. The summed E-state index contributed by atoms with van der Waals surface area (Å²) >= 11 is 1.01. The van der Waals surface area contributed by atoms with Crippen molar-refractivity contribution in [3.05, 3.63) is 63.5 Å². The Balaban J connectivity index is 1.70. The van der Waals surface area contributed by atoms with Crippen LogP contribution in [-0.2, 0) is 22.6 Å². The minimum absolute atomic E-state index is 0.121. The number of hydrogen-bond acceptors (Lipinski definition) is 4. The number of halogens is 1. The molecule has 3 aromatic rings. The van der Waals surface area contributed by atoms with Gasteiger partial charge in [-0.2, -0.15) is 0 Å². The molecule has 0 amide bonds. The quantitative estimate of drug-likeness (QED) is 0.759. The average Bonchev–Trinajstić information content (AvgIpc) is 3.28. The standard InChI is InChI=1S/C17H15FN2O3S2/c1-20-14-7-6-13(10-15(14)24-16(20)21)25(22,23)19-17(8-9-17)11-2-4-12(18)5-3-11/h2-7,10,19H,8-9H2,1H3. The maximum atomic E-state index is 13.1. The third kappa shape index (κ3) is 2.80. The number of thiazole rings is 1. The van der Waals surface area contributed by atoms with Crippen molar-refractivity contribution in [2.75, 3.05) is 0 Å². The van der Waals surface area contributed by atoms with Gasteiger partial charge in [0.05, 0.1) is 20.7 Å². The van der Waals surface area contributed by atoms with Gasteiger partial charge in [-0.1, -0.05) is 23.5 Å². The van der Waals surface area contributed by atoms with Gasteiger partial charge in [0.15, 0.2) is 0 Å². The normalized spacial score (nSPS) is 16.2. The lowest BCUT2D eigenvalue weighted by molar-refractivity contribution is 0.551. The van der Waals surface area contributed by atoms with Crippen LogP contribution in [0.2, 0.25) is 0 Å². The fourth-order valence-corrected chi connectivity index (χ4v) is 5.41. The molecule has 4 rings (SSSR count). The van der Waals surface area contributed by atoms with E-state index >= 15 is 0 Å². The highest BCUT2D eigenvalue weighted by atomic mass is 32.2. The maximum Gasteiger partial charge on any atom is 0.307 e. The molecule has 2 aromatic carbocycles. The summed E-state index contributed by atoms with van der Waals surface area (Å²) in [6.45, 7) is 0. The number of nitrogens with one attached hydrogen (secondary N) is 1. The highest BCUT2D eigenvalue weighted by Gasteiger charge is 2.47. The molecule has 1 aliphatic carbocycles. The maximum absolute atomic E-state index is 13.1. The van der Waals surface area contributed by atoms with Crippen molar-refractivity contribution in [3.63, 3.8) is 0 Å². The van der Waals surface area contributed by atoms with E-state index in [-0.39, 0.29) is 15.6 Å². The zero-order valence-corrected chi connectivity index (χ0v) is 15.0. The van der Waals surface area contributed by atoms with Gasteiger partial charge < -0.3 is 4.57 Å². The second kappa shape index (κ2) is 5.48. The van der Waals surface area contributed by atoms with Crippen molar-refractivity contribution in [2.24, 2.45) is 7.05 Å². The summed E-state index contributed by atoms with van der Waals surface area (Å²) in [6, 6.07) is 10.5. The van der Waals surface area contributed by atoms with E-state index in [0.717, 1.165) is 16.9 Å². The third-order valence-corrected chi connectivity index (χ3v) is 7.08. The number of sulfonamides is 1. The Kier molecular flexibility index (Phi) is 3.61. The topological polar surface area (TPSA) is 68.2 Å². The molecule has 0 saturated heterocycles. The first kappa shape index (κ1) is 16.4. The molecule has 0 aliphatic heterocycles. The van der Waals surface area contributed by atoms with Crippen LogP contribution in [0.25, 0.3) is 10.2 Å². The van der Waals surface area contributed by atoms with E-state index in [0.29, 0.717) is 23.1 Å². The van der Waals surface area contributed by atoms with E-state index in [1.807, 2.05) is 0 Å². The van der Waals surface area contributed by atoms with Gasteiger partial charge in [-0.15, -0.1) is 0 Å². The summed E-state index contributed by atoms with van der Waals surface area (Å²) in [5, 5.41) is 0. The zero-order chi connectivity index (χ0) is 17.8. The number of rotatable bonds is 4. The van der Waals surface area contributed by atoms with Gasteiger partial charge in [0.25, 0.3) is 0 Å². The zero-order valence-electron chi connectivity index (χ0n) is 13.3. The Morgan fingerprint density at radius 3 is 2.48 bits per heavy atom. The second-order valence-electron chi connectivity index (χ2n) is 6.25. The van der Waals surface area contributed by atoms with Gasteiger partial charge in [0.1, 0.15) is 5.82 Å². The van der Waals surface area contributed by atoms with Gasteiger partial charge in [0, 0.05) is 7.05 Å². The first-order valence-electron chi connectivity index (χ1n) is 7.70. The summed E-state index contributed by atoms with van der Waals surface area (Å²) in [4.78, 5) is 11.7. The molecule has 0 bridgehead atoms. The molecule has 0 radical (unpaired) electrons. The first-order valence-corrected chi connectivity index (χ1v) is 10.0. The smallest absolute Gasteiger partial charge is 0.302 e. The molecule has 1 heterocycles. The molecule has 1 aliphatic rings. The summed E-state index contributed by atoms with van der Waals surface area (Å²) in [5.41, 5.74) is 0.780. The van der Waals surface area contributed by atoms with E-state index in [1.54, 1.807) is 25.2 Å². The van der Waals surface area contributed by atoms with E-state index < -0.39 is 15.6 Å². The number of nitrogens with zero attached hydrogens (tertiary/aromatic N) is 1. The molecule has 0 unspecified atom stereocenters. The fourth-order valence-electron chi connectivity index (χ4n) is 2.94. The van der Waals surface area contributed by atoms with Crippen molar-refractivity contribution in [3.8, 4) is 0 Å². The molecule has 130 valence electrons. The van der Waals surface area contributed by atoms with Gasteiger partial charge in [-0.05, 0) is 48.7 Å². The van der Waals surface area contributed by atoms with Gasteiger partial charge in [0.2, 0.25) is 10.0 Å². The highest BCUT2D eigenvalue weighted by Crippen LogP contribution is 2.46. The van der Waals surface area contributed by atoms with Crippen molar-refractivity contribution in [1.29, 1.82) is 0 Å². The summed E-state index contributed by atoms with van der Waals surface area (Å²) in [6.07, 6.45) is 1.33. The molecule has 25 heavy (non-hydrogen) atoms. The Hall–Kier alpha value is -2.03. The van der Waals surface area contributed by atoms with Crippen LogP contribution in [0.4, 0.5) is 4.39 Å². The van der Waals surface area contributed by atoms with Crippen molar-refractivity contribution in [1.82, 2.24) is 9.29 Å². The van der Waals surface area contributed by atoms with Crippen LogP contribution in [0.3, 0.4) is 0 Å². The molecular weight excluding hydrogens is 363 g/mol. The molecule has 0 spiro atoms. The van der Waals surface area contributed by atoms with Crippen LogP contribution >= 0.6 is 11.3 Å². The molecule has 1 N–H and O–H groups in total. The summed E-state index contributed by atoms with van der Waals surface area (Å²) in [7, 11) is -2.10. The largest absolute Gasteiger partial charge is 0.307 e. The van der Waals surface area contributed by atoms with Crippen LogP contribution in [-0.4, -0.2) is 13.0 Å². The lowest BCUT2D eigenvalue weighted by Crippen LogP contribution is -2.34. The van der Waals surface area contributed by atoms with Gasteiger partial charge in [-0.25, -0.2) is 17.5 Å². The Labute approximate surface area is 147 Å². The predicted molar refractivity (Wildman–Crippen MR) is 94.7 cm³/mol. The van der Waals surface area contributed by atoms with E-state index in [4.69, 9.17) is 0 Å². The Morgan fingerprint density at radius 1 is 1.16 bits per heavy atom. The van der Waals surface area contributed by atoms with Crippen molar-refractivity contribution < 1.29 is 12.8 Å². The van der Waals surface area contributed by atoms with Gasteiger partial charge in [-0.3, -0.25) is 4.79 Å². The predicted octanol–water partition coefficient (Wildman–Crippen LogP) is 2.71. The third-order valence-electron chi connectivity index (χ3n) is 4.55. The number of aryl methyl sites for hydroxylation is 1.